The Kier molecular flexibility index (Phi) is 5.86. The standard InChI is InChI=1S/C18H15ClN2OS/c1-12-16(19)4-3-5-17(12)21-18(22)14(11-20)10-13-6-8-15(23-2)9-7-13/h3-10H,1-2H3,(H,21,22). The average Bonchev–Trinajstić information content (AvgIpc) is 2.57. The van der Waals surface area contributed by atoms with Crippen molar-refractivity contribution >= 4 is 41.0 Å². The summed E-state index contributed by atoms with van der Waals surface area (Å²) in [6.45, 7) is 1.81. The number of carbonyl (C=O) groups excluding carboxylic acids is 1. The molecule has 23 heavy (non-hydrogen) atoms. The number of anilines is 1. The Balaban J connectivity index is 2.22. The maximum Gasteiger partial charge on any atom is 0.266 e. The molecular weight excluding hydrogens is 328 g/mol. The summed E-state index contributed by atoms with van der Waals surface area (Å²) < 4.78 is 0. The Morgan fingerprint density at radius 3 is 2.57 bits per heavy atom. The maximum atomic E-state index is 12.3. The van der Waals surface area contributed by atoms with E-state index in [1.165, 1.54) is 0 Å². The van der Waals surface area contributed by atoms with Crippen molar-refractivity contribution in [2.45, 2.75) is 11.8 Å². The predicted molar refractivity (Wildman–Crippen MR) is 96.6 cm³/mol. The second kappa shape index (κ2) is 7.87. The van der Waals surface area contributed by atoms with Crippen LogP contribution >= 0.6 is 23.4 Å². The van der Waals surface area contributed by atoms with Crippen LogP contribution in [0, 0.1) is 18.3 Å². The number of nitrogens with zero attached hydrogens (tertiary/aromatic N) is 1. The minimum atomic E-state index is -0.452. The highest BCUT2D eigenvalue weighted by atomic mass is 35.5. The summed E-state index contributed by atoms with van der Waals surface area (Å²) in [7, 11) is 0. The van der Waals surface area contributed by atoms with Crippen LogP contribution in [0.1, 0.15) is 11.1 Å². The molecule has 0 radical (unpaired) electrons. The number of halogens is 1. The Bertz CT molecular complexity index is 792. The zero-order valence-electron chi connectivity index (χ0n) is 12.8. The van der Waals surface area contributed by atoms with E-state index in [1.54, 1.807) is 36.0 Å². The van der Waals surface area contributed by atoms with E-state index in [0.717, 1.165) is 16.0 Å². The number of hydrogen-bond acceptors (Lipinski definition) is 3. The Hall–Kier alpha value is -2.22. The molecule has 0 atom stereocenters. The lowest BCUT2D eigenvalue weighted by Gasteiger charge is -2.09. The third kappa shape index (κ3) is 4.38. The van der Waals surface area contributed by atoms with Crippen LogP contribution < -0.4 is 5.32 Å². The van der Waals surface area contributed by atoms with E-state index in [4.69, 9.17) is 11.6 Å². The number of rotatable bonds is 4. The molecule has 2 rings (SSSR count). The monoisotopic (exact) mass is 342 g/mol. The van der Waals surface area contributed by atoms with Gasteiger partial charge < -0.3 is 5.32 Å². The Labute approximate surface area is 145 Å². The highest BCUT2D eigenvalue weighted by Crippen LogP contribution is 2.23. The van der Waals surface area contributed by atoms with Crippen LogP contribution in [-0.2, 0) is 4.79 Å². The molecule has 3 nitrogen and oxygen atoms in total. The van der Waals surface area contributed by atoms with Gasteiger partial charge in [-0.3, -0.25) is 4.79 Å². The van der Waals surface area contributed by atoms with Crippen LogP contribution in [0.5, 0.6) is 0 Å². The SMILES string of the molecule is CSc1ccc(C=C(C#N)C(=O)Nc2cccc(Cl)c2C)cc1. The second-order valence-electron chi connectivity index (χ2n) is 4.81. The first-order valence-electron chi connectivity index (χ1n) is 6.87. The molecule has 0 heterocycles. The molecule has 5 heteroatoms. The molecule has 0 bridgehead atoms. The molecule has 116 valence electrons. The van der Waals surface area contributed by atoms with Gasteiger partial charge in [0.2, 0.25) is 0 Å². The first kappa shape index (κ1) is 17.1. The van der Waals surface area contributed by atoms with Gasteiger partial charge in [0.05, 0.1) is 0 Å². The first-order chi connectivity index (χ1) is 11.0. The molecular formula is C18H15ClN2OS. The zero-order chi connectivity index (χ0) is 16.8. The fourth-order valence-corrected chi connectivity index (χ4v) is 2.53. The third-order valence-electron chi connectivity index (χ3n) is 3.31. The number of nitrogens with one attached hydrogen (secondary N) is 1. The molecule has 0 aliphatic carbocycles. The van der Waals surface area contributed by atoms with Crippen molar-refractivity contribution in [3.63, 3.8) is 0 Å². The van der Waals surface area contributed by atoms with Gasteiger partial charge in [-0.15, -0.1) is 11.8 Å². The number of thioether (sulfide) groups is 1. The number of benzene rings is 2. The topological polar surface area (TPSA) is 52.9 Å². The fraction of sp³-hybridized carbons (Fsp3) is 0.111. The van der Waals surface area contributed by atoms with Gasteiger partial charge in [-0.1, -0.05) is 29.8 Å². The lowest BCUT2D eigenvalue weighted by atomic mass is 10.1. The lowest BCUT2D eigenvalue weighted by Crippen LogP contribution is -2.14. The number of amides is 1. The average molecular weight is 343 g/mol. The first-order valence-corrected chi connectivity index (χ1v) is 8.47. The molecule has 0 fully saturated rings. The van der Waals surface area contributed by atoms with Crippen molar-refractivity contribution in [3.8, 4) is 6.07 Å². The summed E-state index contributed by atoms with van der Waals surface area (Å²) in [6, 6.07) is 14.8. The lowest BCUT2D eigenvalue weighted by molar-refractivity contribution is -0.112. The molecule has 2 aromatic rings. The van der Waals surface area contributed by atoms with E-state index in [-0.39, 0.29) is 5.57 Å². The number of nitriles is 1. The van der Waals surface area contributed by atoms with Crippen molar-refractivity contribution < 1.29 is 4.79 Å². The fourth-order valence-electron chi connectivity index (χ4n) is 1.95. The van der Waals surface area contributed by atoms with E-state index in [9.17, 15) is 10.1 Å². The smallest absolute Gasteiger partial charge is 0.266 e. The number of hydrogen-bond donors (Lipinski definition) is 1. The molecule has 0 aromatic heterocycles. The van der Waals surface area contributed by atoms with Crippen LogP contribution in [0.3, 0.4) is 0 Å². The second-order valence-corrected chi connectivity index (χ2v) is 6.10. The van der Waals surface area contributed by atoms with Gasteiger partial charge >= 0.3 is 0 Å². The maximum absolute atomic E-state index is 12.3. The molecule has 2 aromatic carbocycles. The summed E-state index contributed by atoms with van der Waals surface area (Å²) >= 11 is 7.67. The zero-order valence-corrected chi connectivity index (χ0v) is 14.3. The summed E-state index contributed by atoms with van der Waals surface area (Å²) in [5, 5.41) is 12.5. The van der Waals surface area contributed by atoms with Gasteiger partial charge in [-0.05, 0) is 54.6 Å². The van der Waals surface area contributed by atoms with E-state index in [1.807, 2.05) is 43.5 Å². The summed E-state index contributed by atoms with van der Waals surface area (Å²) in [6.07, 6.45) is 3.56. The molecule has 1 N–H and O–H groups in total. The van der Waals surface area contributed by atoms with Gasteiger partial charge in [0, 0.05) is 15.6 Å². The molecule has 1 amide bonds. The van der Waals surface area contributed by atoms with Gasteiger partial charge in [0.1, 0.15) is 11.6 Å². The van der Waals surface area contributed by atoms with Crippen LogP contribution in [0.25, 0.3) is 6.08 Å². The van der Waals surface area contributed by atoms with Crippen molar-refractivity contribution in [1.82, 2.24) is 0 Å². The van der Waals surface area contributed by atoms with Crippen molar-refractivity contribution in [2.24, 2.45) is 0 Å². The van der Waals surface area contributed by atoms with Gasteiger partial charge in [-0.2, -0.15) is 5.26 Å². The normalized spacial score (nSPS) is 11.0. The molecule has 0 aliphatic rings. The molecule has 0 saturated carbocycles. The Morgan fingerprint density at radius 2 is 1.96 bits per heavy atom. The van der Waals surface area contributed by atoms with Crippen LogP contribution in [0.2, 0.25) is 5.02 Å². The van der Waals surface area contributed by atoms with Crippen molar-refractivity contribution in [1.29, 1.82) is 5.26 Å². The highest BCUT2D eigenvalue weighted by molar-refractivity contribution is 7.98. The summed E-state index contributed by atoms with van der Waals surface area (Å²) in [5.41, 5.74) is 2.21. The highest BCUT2D eigenvalue weighted by Gasteiger charge is 2.11. The van der Waals surface area contributed by atoms with Gasteiger partial charge in [0.15, 0.2) is 0 Å². The van der Waals surface area contributed by atoms with Crippen molar-refractivity contribution in [3.05, 3.63) is 64.2 Å². The van der Waals surface area contributed by atoms with Crippen molar-refractivity contribution in [2.75, 3.05) is 11.6 Å². The molecule has 0 spiro atoms. The summed E-state index contributed by atoms with van der Waals surface area (Å²) in [5.74, 6) is -0.452. The van der Waals surface area contributed by atoms with Crippen LogP contribution in [0.15, 0.2) is 52.9 Å². The molecule has 0 aliphatic heterocycles. The number of carbonyl (C=O) groups is 1. The molecule has 0 unspecified atom stereocenters. The van der Waals surface area contributed by atoms with E-state index < -0.39 is 5.91 Å². The minimum absolute atomic E-state index is 0.0428. The van der Waals surface area contributed by atoms with Gasteiger partial charge in [0.25, 0.3) is 5.91 Å². The van der Waals surface area contributed by atoms with E-state index >= 15 is 0 Å². The van der Waals surface area contributed by atoms with E-state index in [0.29, 0.717) is 10.7 Å². The quantitative estimate of drug-likeness (QED) is 0.487. The third-order valence-corrected chi connectivity index (χ3v) is 4.46. The largest absolute Gasteiger partial charge is 0.321 e. The van der Waals surface area contributed by atoms with E-state index in [2.05, 4.69) is 5.32 Å². The minimum Gasteiger partial charge on any atom is -0.321 e. The predicted octanol–water partition coefficient (Wildman–Crippen LogP) is 4.92. The Morgan fingerprint density at radius 1 is 1.26 bits per heavy atom. The van der Waals surface area contributed by atoms with Crippen LogP contribution in [0.4, 0.5) is 5.69 Å². The molecule has 0 saturated heterocycles. The van der Waals surface area contributed by atoms with Gasteiger partial charge in [-0.25, -0.2) is 0 Å². The summed E-state index contributed by atoms with van der Waals surface area (Å²) in [4.78, 5) is 13.4. The van der Waals surface area contributed by atoms with Crippen LogP contribution in [-0.4, -0.2) is 12.2 Å².